The number of nitrogens with two attached hydrogens (primary N) is 1. The topological polar surface area (TPSA) is 60.9 Å². The van der Waals surface area contributed by atoms with Gasteiger partial charge >= 0.3 is 6.18 Å². The first-order chi connectivity index (χ1) is 12.5. The van der Waals surface area contributed by atoms with E-state index in [1.807, 2.05) is 0 Å². The van der Waals surface area contributed by atoms with Crippen LogP contribution in [0.4, 0.5) is 26.3 Å². The third-order valence-electron chi connectivity index (χ3n) is 3.74. The number of hydrogen-bond donors (Lipinski definition) is 1. The standard InChI is InChI=1S/C17H11F6N3O/c18-8-1-2-14-12(6-8)16(27)26(11-4-9(19)3-10(20)5-11)15(25-14)13(24)7-17(21,22)23/h1-6,13H,7,24H2/t13-/m0/s1. The first-order valence-corrected chi connectivity index (χ1v) is 7.56. The van der Waals surface area contributed by atoms with Crippen LogP contribution < -0.4 is 11.3 Å². The molecule has 0 saturated carbocycles. The first kappa shape index (κ1) is 18.9. The largest absolute Gasteiger partial charge is 0.391 e. The van der Waals surface area contributed by atoms with Gasteiger partial charge in [0.25, 0.3) is 5.56 Å². The van der Waals surface area contributed by atoms with Crippen LogP contribution in [0.1, 0.15) is 18.3 Å². The van der Waals surface area contributed by atoms with Gasteiger partial charge in [-0.3, -0.25) is 9.36 Å². The van der Waals surface area contributed by atoms with Crippen LogP contribution in [0.15, 0.2) is 41.2 Å². The SMILES string of the molecule is N[C@@H](CC(F)(F)F)c1nc2ccc(F)cc2c(=O)n1-c1cc(F)cc(F)c1. The van der Waals surface area contributed by atoms with Gasteiger partial charge in [0.05, 0.1) is 29.1 Å². The van der Waals surface area contributed by atoms with Crippen molar-refractivity contribution in [3.8, 4) is 5.69 Å². The molecule has 2 N–H and O–H groups in total. The molecule has 1 heterocycles. The van der Waals surface area contributed by atoms with E-state index in [-0.39, 0.29) is 10.9 Å². The van der Waals surface area contributed by atoms with Crippen molar-refractivity contribution in [3.05, 3.63) is 70.0 Å². The van der Waals surface area contributed by atoms with Crippen molar-refractivity contribution < 1.29 is 26.3 Å². The van der Waals surface area contributed by atoms with Crippen LogP contribution in [0, 0.1) is 17.5 Å². The van der Waals surface area contributed by atoms with Crippen LogP contribution >= 0.6 is 0 Å². The zero-order valence-corrected chi connectivity index (χ0v) is 13.4. The number of nitrogens with zero attached hydrogens (tertiary/aromatic N) is 2. The van der Waals surface area contributed by atoms with Gasteiger partial charge < -0.3 is 5.73 Å². The minimum absolute atomic E-state index is 0.0952. The fraction of sp³-hybridized carbons (Fsp3) is 0.176. The molecule has 142 valence electrons. The summed E-state index contributed by atoms with van der Waals surface area (Å²) >= 11 is 0. The predicted octanol–water partition coefficient (Wildman–Crippen LogP) is 3.76. The van der Waals surface area contributed by atoms with E-state index in [0.29, 0.717) is 10.6 Å². The van der Waals surface area contributed by atoms with Gasteiger partial charge in [0, 0.05) is 6.07 Å². The number of rotatable bonds is 3. The Bertz CT molecular complexity index is 1060. The maximum Gasteiger partial charge on any atom is 0.391 e. The Morgan fingerprint density at radius 2 is 1.63 bits per heavy atom. The van der Waals surface area contributed by atoms with Crippen molar-refractivity contribution in [2.24, 2.45) is 5.73 Å². The maximum atomic E-state index is 13.6. The lowest BCUT2D eigenvalue weighted by Gasteiger charge is -2.19. The zero-order chi connectivity index (χ0) is 19.9. The van der Waals surface area contributed by atoms with E-state index in [9.17, 15) is 31.1 Å². The minimum atomic E-state index is -4.67. The summed E-state index contributed by atoms with van der Waals surface area (Å²) in [5, 5.41) is -0.275. The number of fused-ring (bicyclic) bond motifs is 1. The second kappa shape index (κ2) is 6.69. The number of benzene rings is 2. The minimum Gasteiger partial charge on any atom is -0.321 e. The quantitative estimate of drug-likeness (QED) is 0.697. The summed E-state index contributed by atoms with van der Waals surface area (Å²) in [5.41, 5.74) is 4.07. The van der Waals surface area contributed by atoms with E-state index >= 15 is 0 Å². The molecule has 0 aliphatic heterocycles. The summed E-state index contributed by atoms with van der Waals surface area (Å²) in [4.78, 5) is 16.7. The number of alkyl halides is 3. The third-order valence-corrected chi connectivity index (χ3v) is 3.74. The van der Waals surface area contributed by atoms with Gasteiger partial charge in [-0.25, -0.2) is 18.2 Å². The third kappa shape index (κ3) is 3.95. The van der Waals surface area contributed by atoms with Crippen molar-refractivity contribution in [1.29, 1.82) is 0 Å². The molecule has 0 spiro atoms. The van der Waals surface area contributed by atoms with Crippen LogP contribution in [-0.4, -0.2) is 15.7 Å². The van der Waals surface area contributed by atoms with Crippen molar-refractivity contribution in [1.82, 2.24) is 9.55 Å². The van der Waals surface area contributed by atoms with Gasteiger partial charge in [-0.15, -0.1) is 0 Å². The molecule has 0 aliphatic rings. The molecule has 3 aromatic rings. The fourth-order valence-corrected chi connectivity index (χ4v) is 2.68. The molecular weight excluding hydrogens is 376 g/mol. The molecule has 0 saturated heterocycles. The smallest absolute Gasteiger partial charge is 0.321 e. The average Bonchev–Trinajstić information content (AvgIpc) is 2.52. The Labute approximate surface area is 147 Å². The summed E-state index contributed by atoms with van der Waals surface area (Å²) in [6.07, 6.45) is -6.20. The van der Waals surface area contributed by atoms with Gasteiger partial charge in [-0.2, -0.15) is 13.2 Å². The van der Waals surface area contributed by atoms with Crippen LogP contribution in [-0.2, 0) is 0 Å². The summed E-state index contributed by atoms with van der Waals surface area (Å²) in [7, 11) is 0. The Hall–Kier alpha value is -2.88. The van der Waals surface area contributed by atoms with Gasteiger partial charge in [0.1, 0.15) is 23.3 Å². The summed E-state index contributed by atoms with van der Waals surface area (Å²) in [6.45, 7) is 0. The molecule has 3 rings (SSSR count). The van der Waals surface area contributed by atoms with E-state index in [1.54, 1.807) is 0 Å². The van der Waals surface area contributed by atoms with Crippen LogP contribution in [0.3, 0.4) is 0 Å². The predicted molar refractivity (Wildman–Crippen MR) is 84.8 cm³/mol. The van der Waals surface area contributed by atoms with Crippen molar-refractivity contribution in [2.45, 2.75) is 18.6 Å². The lowest BCUT2D eigenvalue weighted by atomic mass is 10.1. The van der Waals surface area contributed by atoms with Crippen molar-refractivity contribution in [3.63, 3.8) is 0 Å². The normalized spacial score (nSPS) is 13.1. The van der Waals surface area contributed by atoms with Gasteiger partial charge in [0.2, 0.25) is 0 Å². The average molecular weight is 387 g/mol. The van der Waals surface area contributed by atoms with Crippen LogP contribution in [0.5, 0.6) is 0 Å². The summed E-state index contributed by atoms with van der Waals surface area (Å²) in [6, 6.07) is 3.11. The number of halogens is 6. The molecule has 1 aromatic heterocycles. The highest BCUT2D eigenvalue weighted by Gasteiger charge is 2.33. The molecule has 10 heteroatoms. The molecule has 4 nitrogen and oxygen atoms in total. The van der Waals surface area contributed by atoms with Crippen molar-refractivity contribution in [2.75, 3.05) is 0 Å². The summed E-state index contributed by atoms with van der Waals surface area (Å²) in [5.74, 6) is -3.47. The summed E-state index contributed by atoms with van der Waals surface area (Å²) < 4.78 is 79.5. The van der Waals surface area contributed by atoms with E-state index < -0.39 is 53.2 Å². The number of aromatic nitrogens is 2. The van der Waals surface area contributed by atoms with E-state index in [0.717, 1.165) is 30.3 Å². The Kier molecular flexibility index (Phi) is 4.68. The fourth-order valence-electron chi connectivity index (χ4n) is 2.68. The van der Waals surface area contributed by atoms with Gasteiger partial charge in [-0.05, 0) is 30.3 Å². The van der Waals surface area contributed by atoms with Gasteiger partial charge in [0.15, 0.2) is 0 Å². The lowest BCUT2D eigenvalue weighted by Crippen LogP contribution is -2.31. The van der Waals surface area contributed by atoms with E-state index in [1.165, 1.54) is 0 Å². The molecule has 0 fully saturated rings. The van der Waals surface area contributed by atoms with Crippen LogP contribution in [0.25, 0.3) is 16.6 Å². The molecule has 0 unspecified atom stereocenters. The molecule has 0 radical (unpaired) electrons. The highest BCUT2D eigenvalue weighted by molar-refractivity contribution is 5.78. The monoisotopic (exact) mass is 387 g/mol. The molecular formula is C17H11F6N3O. The Morgan fingerprint density at radius 3 is 2.22 bits per heavy atom. The zero-order valence-electron chi connectivity index (χ0n) is 13.4. The highest BCUT2D eigenvalue weighted by Crippen LogP contribution is 2.28. The van der Waals surface area contributed by atoms with Gasteiger partial charge in [-0.1, -0.05) is 0 Å². The van der Waals surface area contributed by atoms with E-state index in [4.69, 9.17) is 5.73 Å². The van der Waals surface area contributed by atoms with Crippen LogP contribution in [0.2, 0.25) is 0 Å². The Balaban J connectivity index is 2.35. The molecule has 27 heavy (non-hydrogen) atoms. The van der Waals surface area contributed by atoms with E-state index in [2.05, 4.69) is 4.98 Å². The molecule has 0 amide bonds. The highest BCUT2D eigenvalue weighted by atomic mass is 19.4. The first-order valence-electron chi connectivity index (χ1n) is 7.56. The molecule has 1 atom stereocenters. The molecule has 0 aliphatic carbocycles. The van der Waals surface area contributed by atoms with Crippen molar-refractivity contribution >= 4 is 10.9 Å². The number of hydrogen-bond acceptors (Lipinski definition) is 3. The Morgan fingerprint density at radius 1 is 1.00 bits per heavy atom. The second-order valence-corrected chi connectivity index (χ2v) is 5.83. The molecule has 2 aromatic carbocycles. The second-order valence-electron chi connectivity index (χ2n) is 5.83. The molecule has 0 bridgehead atoms. The lowest BCUT2D eigenvalue weighted by molar-refractivity contribution is -0.139. The maximum absolute atomic E-state index is 13.6.